The van der Waals surface area contributed by atoms with Crippen LogP contribution in [0, 0.1) is 10.2 Å². The SMILES string of the molecule is CCCCCCC[N+](CCCCCC)(CCCCCC)CCCCCCC.[O-][Cl+3]([O-])([O-])[O-]. The fourth-order valence-electron chi connectivity index (χ4n) is 4.52. The van der Waals surface area contributed by atoms with E-state index >= 15 is 0 Å². The Bertz CT molecular complexity index is 330. The molecule has 5 nitrogen and oxygen atoms in total. The summed E-state index contributed by atoms with van der Waals surface area (Å²) in [6.07, 6.45) is 25.8. The van der Waals surface area contributed by atoms with Crippen molar-refractivity contribution in [3.05, 3.63) is 0 Å². The quantitative estimate of drug-likeness (QED) is 0.171. The van der Waals surface area contributed by atoms with Crippen LogP contribution >= 0.6 is 0 Å². The van der Waals surface area contributed by atoms with Crippen molar-refractivity contribution in [2.24, 2.45) is 0 Å². The van der Waals surface area contributed by atoms with Gasteiger partial charge in [-0.15, -0.1) is 10.2 Å². The molecule has 0 saturated heterocycles. The lowest BCUT2D eigenvalue weighted by Gasteiger charge is -2.39. The summed E-state index contributed by atoms with van der Waals surface area (Å²) >= 11 is 0. The normalized spacial score (nSPS) is 12.0. The molecule has 196 valence electrons. The van der Waals surface area contributed by atoms with E-state index in [0.717, 1.165) is 0 Å². The lowest BCUT2D eigenvalue weighted by molar-refractivity contribution is -2.00. The molecule has 6 heteroatoms. The van der Waals surface area contributed by atoms with Gasteiger partial charge >= 0.3 is 0 Å². The van der Waals surface area contributed by atoms with Crippen LogP contribution in [0.1, 0.15) is 143 Å². The van der Waals surface area contributed by atoms with Gasteiger partial charge in [0.15, 0.2) is 0 Å². The number of nitrogens with zero attached hydrogens (tertiary/aromatic N) is 1. The van der Waals surface area contributed by atoms with Crippen molar-refractivity contribution in [2.45, 2.75) is 143 Å². The Labute approximate surface area is 202 Å². The zero-order valence-corrected chi connectivity index (χ0v) is 22.8. The van der Waals surface area contributed by atoms with Crippen LogP contribution in [0.5, 0.6) is 0 Å². The fourth-order valence-corrected chi connectivity index (χ4v) is 4.52. The van der Waals surface area contributed by atoms with E-state index in [-0.39, 0.29) is 0 Å². The number of rotatable bonds is 22. The van der Waals surface area contributed by atoms with Crippen LogP contribution in [0.25, 0.3) is 0 Å². The number of unbranched alkanes of at least 4 members (excludes halogenated alkanes) is 14. The smallest absolute Gasteiger partial charge is 0.0786 e. The first-order chi connectivity index (χ1) is 15.2. The van der Waals surface area contributed by atoms with E-state index in [1.54, 1.807) is 0 Å². The van der Waals surface area contributed by atoms with Crippen molar-refractivity contribution in [2.75, 3.05) is 26.2 Å². The van der Waals surface area contributed by atoms with E-state index in [9.17, 15) is 0 Å². The van der Waals surface area contributed by atoms with Crippen molar-refractivity contribution in [1.82, 2.24) is 0 Å². The third-order valence-corrected chi connectivity index (χ3v) is 6.44. The average molecular weight is 482 g/mol. The van der Waals surface area contributed by atoms with Crippen LogP contribution in [0.3, 0.4) is 0 Å². The standard InChI is InChI=1S/C26H56N.ClHO4/c1-5-9-13-17-21-25-27(23-19-15-11-7-3,24-20-16-12-8-4)26-22-18-14-10-6-2;2-1(3,4)5/h5-26H2,1-4H3;(H,2,3,4,5)/q+1;/p-1. The number of quaternary nitrogens is 1. The molecule has 0 saturated carbocycles. The Morgan fingerprint density at radius 3 is 0.781 bits per heavy atom. The van der Waals surface area contributed by atoms with Gasteiger partial charge in [0, 0.05) is 0 Å². The molecule has 0 bridgehead atoms. The van der Waals surface area contributed by atoms with Crippen LogP contribution in [0.2, 0.25) is 0 Å². The fraction of sp³-hybridized carbons (Fsp3) is 1.00. The monoisotopic (exact) mass is 481 g/mol. The van der Waals surface area contributed by atoms with Gasteiger partial charge in [-0.25, -0.2) is 18.6 Å². The third-order valence-electron chi connectivity index (χ3n) is 6.44. The highest BCUT2D eigenvalue weighted by Gasteiger charge is 2.25. The largest absolute Gasteiger partial charge is 0.324 e. The molecule has 0 aromatic carbocycles. The van der Waals surface area contributed by atoms with E-state index in [4.69, 9.17) is 18.6 Å². The highest BCUT2D eigenvalue weighted by Crippen LogP contribution is 2.20. The Morgan fingerprint density at radius 2 is 0.562 bits per heavy atom. The first-order valence-corrected chi connectivity index (χ1v) is 14.9. The summed E-state index contributed by atoms with van der Waals surface area (Å²) < 4.78 is 35.4. The zero-order chi connectivity index (χ0) is 24.6. The average Bonchev–Trinajstić information content (AvgIpc) is 2.73. The van der Waals surface area contributed by atoms with Crippen molar-refractivity contribution in [1.29, 1.82) is 0 Å². The Morgan fingerprint density at radius 1 is 0.375 bits per heavy atom. The second-order valence-corrected chi connectivity index (χ2v) is 10.3. The van der Waals surface area contributed by atoms with Crippen molar-refractivity contribution in [3.8, 4) is 0 Å². The predicted octanol–water partition coefficient (Wildman–Crippen LogP) is 4.15. The molecule has 0 unspecified atom stereocenters. The second kappa shape index (κ2) is 24.2. The molecule has 0 rings (SSSR count). The van der Waals surface area contributed by atoms with E-state index < -0.39 is 10.2 Å². The minimum Gasteiger partial charge on any atom is -0.324 e. The molecular formula is C26H56ClNO4. The number of hydrogen-bond donors (Lipinski definition) is 0. The first-order valence-electron chi connectivity index (χ1n) is 13.7. The predicted molar refractivity (Wildman–Crippen MR) is 126 cm³/mol. The molecule has 0 N–H and O–H groups in total. The van der Waals surface area contributed by atoms with Gasteiger partial charge in [-0.2, -0.15) is 0 Å². The maximum absolute atomic E-state index is 8.49. The van der Waals surface area contributed by atoms with Crippen LogP contribution in [-0.4, -0.2) is 30.7 Å². The zero-order valence-electron chi connectivity index (χ0n) is 22.0. The van der Waals surface area contributed by atoms with Crippen LogP contribution in [0.15, 0.2) is 0 Å². The van der Waals surface area contributed by atoms with Crippen LogP contribution < -0.4 is 18.6 Å². The number of halogens is 1. The minimum absolute atomic E-state index is 1.37. The van der Waals surface area contributed by atoms with E-state index in [2.05, 4.69) is 27.7 Å². The summed E-state index contributed by atoms with van der Waals surface area (Å²) in [6.45, 7) is 15.2. The van der Waals surface area contributed by atoms with Crippen molar-refractivity contribution in [3.63, 3.8) is 0 Å². The second-order valence-electron chi connectivity index (χ2n) is 9.56. The first kappa shape index (κ1) is 34.3. The molecule has 0 aliphatic rings. The molecule has 0 atom stereocenters. The van der Waals surface area contributed by atoms with Gasteiger partial charge in [0.05, 0.1) is 26.2 Å². The van der Waals surface area contributed by atoms with E-state index in [1.807, 2.05) is 0 Å². The molecule has 32 heavy (non-hydrogen) atoms. The van der Waals surface area contributed by atoms with Crippen LogP contribution in [-0.2, 0) is 0 Å². The van der Waals surface area contributed by atoms with Gasteiger partial charge in [0.1, 0.15) is 0 Å². The molecule has 0 amide bonds. The van der Waals surface area contributed by atoms with Gasteiger partial charge in [0.2, 0.25) is 0 Å². The summed E-state index contributed by atoms with van der Waals surface area (Å²) in [6, 6.07) is 0. The molecular weight excluding hydrogens is 426 g/mol. The third kappa shape index (κ3) is 28.1. The Hall–Kier alpha value is 0.0900. The molecule has 0 aliphatic carbocycles. The molecule has 0 fully saturated rings. The lowest BCUT2D eigenvalue weighted by atomic mass is 10.1. The molecule has 0 aromatic rings. The Balaban J connectivity index is 0. The highest BCUT2D eigenvalue weighted by atomic mass is 35.7. The summed E-state index contributed by atoms with van der Waals surface area (Å²) in [5, 5.41) is 0. The summed E-state index contributed by atoms with van der Waals surface area (Å²) in [5.74, 6) is 0. The molecule has 0 aromatic heterocycles. The van der Waals surface area contributed by atoms with Crippen LogP contribution in [0.4, 0.5) is 0 Å². The Kier molecular flexibility index (Phi) is 25.9. The highest BCUT2D eigenvalue weighted by molar-refractivity contribution is 4.54. The van der Waals surface area contributed by atoms with Crippen molar-refractivity contribution < 1.29 is 33.4 Å². The summed E-state index contributed by atoms with van der Waals surface area (Å²) in [5.41, 5.74) is 0. The van der Waals surface area contributed by atoms with Crippen molar-refractivity contribution >= 4 is 0 Å². The lowest BCUT2D eigenvalue weighted by Crippen LogP contribution is -2.68. The maximum Gasteiger partial charge on any atom is 0.0786 e. The maximum atomic E-state index is 8.49. The molecule has 0 spiro atoms. The van der Waals surface area contributed by atoms with Gasteiger partial charge in [-0.3, -0.25) is 0 Å². The van der Waals surface area contributed by atoms with Gasteiger partial charge in [-0.05, 0) is 51.4 Å². The van der Waals surface area contributed by atoms with E-state index in [1.165, 1.54) is 146 Å². The topological polar surface area (TPSA) is 92.2 Å². The summed E-state index contributed by atoms with van der Waals surface area (Å²) in [7, 11) is -4.94. The van der Waals surface area contributed by atoms with Gasteiger partial charge < -0.3 is 4.48 Å². The van der Waals surface area contributed by atoms with Gasteiger partial charge in [-0.1, -0.05) is 91.9 Å². The minimum atomic E-state index is -4.94. The summed E-state index contributed by atoms with van der Waals surface area (Å²) in [4.78, 5) is 0. The molecule has 0 heterocycles. The molecule has 0 aliphatic heterocycles. The van der Waals surface area contributed by atoms with E-state index in [0.29, 0.717) is 0 Å². The van der Waals surface area contributed by atoms with Gasteiger partial charge in [0.25, 0.3) is 0 Å². The number of hydrogen-bond acceptors (Lipinski definition) is 4. The molecule has 0 radical (unpaired) electrons.